The van der Waals surface area contributed by atoms with E-state index >= 15 is 0 Å². The molecular weight excluding hydrogens is 348 g/mol. The van der Waals surface area contributed by atoms with Crippen LogP contribution < -0.4 is 4.74 Å². The van der Waals surface area contributed by atoms with Gasteiger partial charge in [-0.05, 0) is 36.4 Å². The van der Waals surface area contributed by atoms with Gasteiger partial charge in [0.15, 0.2) is 5.70 Å². The lowest BCUT2D eigenvalue weighted by Crippen LogP contribution is -2.05. The van der Waals surface area contributed by atoms with Crippen LogP contribution in [-0.4, -0.2) is 23.9 Å². The van der Waals surface area contributed by atoms with Crippen LogP contribution >= 0.6 is 11.6 Å². The van der Waals surface area contributed by atoms with Crippen molar-refractivity contribution < 1.29 is 19.2 Å². The Morgan fingerprint density at radius 1 is 1.24 bits per heavy atom. The molecule has 1 aliphatic rings. The molecule has 2 aromatic rings. The highest BCUT2D eigenvalue weighted by Crippen LogP contribution is 2.27. The molecule has 0 atom stereocenters. The standard InChI is InChI=1S/C17H11ClN2O5/c1-24-13-5-2-10(3-6-13)16-19-15(17(21)25-16)9-11-8-12(20(22)23)4-7-14(11)18/h2-9H,1H3/b15-9-. The molecule has 0 saturated carbocycles. The average molecular weight is 359 g/mol. The van der Waals surface area contributed by atoms with Gasteiger partial charge in [-0.1, -0.05) is 11.6 Å². The van der Waals surface area contributed by atoms with Crippen LogP contribution in [0.25, 0.3) is 6.08 Å². The Labute approximate surface area is 147 Å². The van der Waals surface area contributed by atoms with E-state index in [9.17, 15) is 14.9 Å². The van der Waals surface area contributed by atoms with Crippen molar-refractivity contribution in [2.24, 2.45) is 4.99 Å². The molecule has 0 aromatic heterocycles. The van der Waals surface area contributed by atoms with Crippen LogP contribution in [0.1, 0.15) is 11.1 Å². The van der Waals surface area contributed by atoms with Crippen LogP contribution in [0.3, 0.4) is 0 Å². The molecule has 0 spiro atoms. The number of halogens is 1. The largest absolute Gasteiger partial charge is 0.497 e. The third-order valence-corrected chi connectivity index (χ3v) is 3.78. The van der Waals surface area contributed by atoms with Crippen molar-refractivity contribution in [1.29, 1.82) is 0 Å². The van der Waals surface area contributed by atoms with Crippen molar-refractivity contribution >= 4 is 35.2 Å². The fourth-order valence-electron chi connectivity index (χ4n) is 2.17. The third-order valence-electron chi connectivity index (χ3n) is 3.44. The Morgan fingerprint density at radius 3 is 2.60 bits per heavy atom. The van der Waals surface area contributed by atoms with Crippen molar-refractivity contribution in [2.45, 2.75) is 0 Å². The minimum Gasteiger partial charge on any atom is -0.497 e. The lowest BCUT2D eigenvalue weighted by Gasteiger charge is -2.01. The minimum atomic E-state index is -0.659. The van der Waals surface area contributed by atoms with E-state index in [4.69, 9.17) is 21.1 Å². The Hall–Kier alpha value is -3.19. The number of benzene rings is 2. The second kappa shape index (κ2) is 6.74. The summed E-state index contributed by atoms with van der Waals surface area (Å²) in [6.45, 7) is 0. The second-order valence-electron chi connectivity index (χ2n) is 5.03. The molecule has 1 aliphatic heterocycles. The molecule has 126 valence electrons. The number of esters is 1. The first kappa shape index (κ1) is 16.7. The Balaban J connectivity index is 1.95. The zero-order valence-corrected chi connectivity index (χ0v) is 13.7. The van der Waals surface area contributed by atoms with Crippen LogP contribution in [0, 0.1) is 10.1 Å². The Morgan fingerprint density at radius 2 is 1.96 bits per heavy atom. The van der Waals surface area contributed by atoms with Gasteiger partial charge in [-0.15, -0.1) is 0 Å². The van der Waals surface area contributed by atoms with E-state index in [1.54, 1.807) is 31.4 Å². The molecule has 1 heterocycles. The second-order valence-corrected chi connectivity index (χ2v) is 5.43. The van der Waals surface area contributed by atoms with Gasteiger partial charge in [-0.3, -0.25) is 10.1 Å². The van der Waals surface area contributed by atoms with E-state index in [0.717, 1.165) is 0 Å². The predicted molar refractivity (Wildman–Crippen MR) is 91.7 cm³/mol. The number of ether oxygens (including phenoxy) is 2. The SMILES string of the molecule is COc1ccc(C2=N/C(=C\c3cc([N+](=O)[O-])ccc3Cl)C(=O)O2)cc1. The number of carbonyl (C=O) groups excluding carboxylic acids is 1. The highest BCUT2D eigenvalue weighted by atomic mass is 35.5. The molecule has 25 heavy (non-hydrogen) atoms. The number of nitro groups is 1. The van der Waals surface area contributed by atoms with Crippen molar-refractivity contribution in [3.05, 3.63) is 74.4 Å². The van der Waals surface area contributed by atoms with Crippen LogP contribution in [0.5, 0.6) is 5.75 Å². The summed E-state index contributed by atoms with van der Waals surface area (Å²) in [7, 11) is 1.55. The van der Waals surface area contributed by atoms with Crippen LogP contribution in [-0.2, 0) is 9.53 Å². The van der Waals surface area contributed by atoms with Gasteiger partial charge in [0.25, 0.3) is 5.69 Å². The summed E-state index contributed by atoms with van der Waals surface area (Å²) in [5, 5.41) is 11.1. The maximum Gasteiger partial charge on any atom is 0.363 e. The molecule has 8 heteroatoms. The number of cyclic esters (lactones) is 1. The van der Waals surface area contributed by atoms with Crippen LogP contribution in [0.2, 0.25) is 5.02 Å². The molecule has 7 nitrogen and oxygen atoms in total. The number of hydrogen-bond donors (Lipinski definition) is 0. The molecule has 2 aromatic carbocycles. The van der Waals surface area contributed by atoms with Crippen molar-refractivity contribution in [3.63, 3.8) is 0 Å². The lowest BCUT2D eigenvalue weighted by molar-refractivity contribution is -0.384. The Bertz CT molecular complexity index is 919. The maximum atomic E-state index is 12.0. The first-order valence-corrected chi connectivity index (χ1v) is 7.46. The molecule has 0 amide bonds. The van der Waals surface area contributed by atoms with Gasteiger partial charge >= 0.3 is 5.97 Å². The third kappa shape index (κ3) is 3.51. The molecule has 0 N–H and O–H groups in total. The fourth-order valence-corrected chi connectivity index (χ4v) is 2.34. The number of non-ortho nitro benzene ring substituents is 1. The predicted octanol–water partition coefficient (Wildman–Crippen LogP) is 3.60. The summed E-state index contributed by atoms with van der Waals surface area (Å²) in [5.41, 5.74) is 0.778. The molecular formula is C17H11ClN2O5. The number of nitro benzene ring substituents is 1. The van der Waals surface area contributed by atoms with Gasteiger partial charge in [-0.25, -0.2) is 9.79 Å². The maximum absolute atomic E-state index is 12.0. The van der Waals surface area contributed by atoms with Gasteiger partial charge in [0.1, 0.15) is 5.75 Å². The van der Waals surface area contributed by atoms with E-state index in [1.165, 1.54) is 24.3 Å². The van der Waals surface area contributed by atoms with E-state index in [2.05, 4.69) is 4.99 Å². The molecule has 0 radical (unpaired) electrons. The zero-order chi connectivity index (χ0) is 18.0. The van der Waals surface area contributed by atoms with Crippen molar-refractivity contribution in [1.82, 2.24) is 0 Å². The Kier molecular flexibility index (Phi) is 4.49. The molecule has 0 unspecified atom stereocenters. The summed E-state index contributed by atoms with van der Waals surface area (Å²) in [6, 6.07) is 10.8. The van der Waals surface area contributed by atoms with E-state index in [0.29, 0.717) is 16.9 Å². The quantitative estimate of drug-likeness (QED) is 0.360. The first-order valence-electron chi connectivity index (χ1n) is 7.09. The number of carbonyl (C=O) groups is 1. The molecule has 0 fully saturated rings. The molecule has 0 aliphatic carbocycles. The van der Waals surface area contributed by atoms with Crippen LogP contribution in [0.4, 0.5) is 5.69 Å². The molecule has 0 saturated heterocycles. The van der Waals surface area contributed by atoms with Gasteiger partial charge in [0, 0.05) is 28.3 Å². The summed E-state index contributed by atoms with van der Waals surface area (Å²) >= 11 is 6.03. The smallest absolute Gasteiger partial charge is 0.363 e. The number of aliphatic imine (C=N–C) groups is 1. The van der Waals surface area contributed by atoms with Gasteiger partial charge in [0.05, 0.1) is 12.0 Å². The summed E-state index contributed by atoms with van der Waals surface area (Å²) in [6.07, 6.45) is 1.36. The topological polar surface area (TPSA) is 91.0 Å². The average Bonchev–Trinajstić information content (AvgIpc) is 2.97. The van der Waals surface area contributed by atoms with E-state index in [-0.39, 0.29) is 22.3 Å². The number of methoxy groups -OCH3 is 1. The molecule has 3 rings (SSSR count). The van der Waals surface area contributed by atoms with Crippen molar-refractivity contribution in [3.8, 4) is 5.75 Å². The van der Waals surface area contributed by atoms with Gasteiger partial charge in [0.2, 0.25) is 5.90 Å². The van der Waals surface area contributed by atoms with E-state index in [1.807, 2.05) is 0 Å². The number of rotatable bonds is 4. The normalized spacial score (nSPS) is 15.0. The van der Waals surface area contributed by atoms with Gasteiger partial charge in [-0.2, -0.15) is 0 Å². The number of hydrogen-bond acceptors (Lipinski definition) is 6. The fraction of sp³-hybridized carbons (Fsp3) is 0.0588. The summed E-state index contributed by atoms with van der Waals surface area (Å²) in [4.78, 5) is 26.5. The lowest BCUT2D eigenvalue weighted by atomic mass is 10.1. The summed E-state index contributed by atoms with van der Waals surface area (Å²) in [5.74, 6) is 0.140. The highest BCUT2D eigenvalue weighted by molar-refractivity contribution is 6.32. The van der Waals surface area contributed by atoms with E-state index < -0.39 is 10.9 Å². The summed E-state index contributed by atoms with van der Waals surface area (Å²) < 4.78 is 10.2. The van der Waals surface area contributed by atoms with Crippen LogP contribution in [0.15, 0.2) is 53.2 Å². The molecule has 0 bridgehead atoms. The van der Waals surface area contributed by atoms with Gasteiger partial charge < -0.3 is 9.47 Å². The van der Waals surface area contributed by atoms with Crippen molar-refractivity contribution in [2.75, 3.05) is 7.11 Å². The minimum absolute atomic E-state index is 0.00761. The first-order chi connectivity index (χ1) is 12.0. The number of nitrogens with zero attached hydrogens (tertiary/aromatic N) is 2. The zero-order valence-electron chi connectivity index (χ0n) is 12.9. The highest BCUT2D eigenvalue weighted by Gasteiger charge is 2.24. The monoisotopic (exact) mass is 358 g/mol.